The second kappa shape index (κ2) is 7.25. The third kappa shape index (κ3) is 3.90. The maximum atomic E-state index is 12.2. The number of anilines is 1. The predicted molar refractivity (Wildman–Crippen MR) is 94.5 cm³/mol. The second-order valence-electron chi connectivity index (χ2n) is 5.81. The Balaban J connectivity index is 1.85. The van der Waals surface area contributed by atoms with Crippen molar-refractivity contribution in [1.29, 1.82) is 0 Å². The Hall–Kier alpha value is -3.03. The van der Waals surface area contributed by atoms with Crippen LogP contribution in [0.15, 0.2) is 23.0 Å². The fourth-order valence-electron chi connectivity index (χ4n) is 2.86. The van der Waals surface area contributed by atoms with Crippen molar-refractivity contribution in [2.75, 3.05) is 19.5 Å². The van der Waals surface area contributed by atoms with Gasteiger partial charge in [-0.3, -0.25) is 10.1 Å². The number of rotatable bonds is 4. The summed E-state index contributed by atoms with van der Waals surface area (Å²) in [6, 6.07) is 5.32. The smallest absolute Gasteiger partial charge is 0.325 e. The number of fused-ring (bicyclic) bond motifs is 1. The fourth-order valence-corrected chi connectivity index (χ4v) is 2.86. The number of aryl methyl sites for hydroxylation is 1. The van der Waals surface area contributed by atoms with Gasteiger partial charge in [0.05, 0.1) is 31.2 Å². The minimum atomic E-state index is -0.108. The second-order valence-corrected chi connectivity index (χ2v) is 5.81. The van der Waals surface area contributed by atoms with E-state index in [0.29, 0.717) is 23.1 Å². The number of methoxy groups -OCH3 is 2. The summed E-state index contributed by atoms with van der Waals surface area (Å²) < 4.78 is 10.4. The largest absolute Gasteiger partial charge is 0.497 e. The number of hydrogen-bond donors (Lipinski definition) is 4. The maximum Gasteiger partial charge on any atom is 0.325 e. The Kier molecular flexibility index (Phi) is 4.87. The molecule has 0 saturated heterocycles. The van der Waals surface area contributed by atoms with Gasteiger partial charge >= 0.3 is 5.95 Å². The SMILES string of the molecule is COc1cc(NC(N)=[NH+]c2nc3c(c(=O)[nH]2)CCCC3)cc(OC)c1. The number of benzene rings is 1. The highest BCUT2D eigenvalue weighted by Gasteiger charge is 2.18. The molecule has 0 atom stereocenters. The van der Waals surface area contributed by atoms with Crippen LogP contribution in [0.5, 0.6) is 11.5 Å². The van der Waals surface area contributed by atoms with E-state index in [0.717, 1.165) is 36.9 Å². The zero-order chi connectivity index (χ0) is 17.8. The summed E-state index contributed by atoms with van der Waals surface area (Å²) in [6.45, 7) is 0. The molecule has 1 heterocycles. The van der Waals surface area contributed by atoms with Crippen LogP contribution in [0.1, 0.15) is 24.1 Å². The normalized spacial score (nSPS) is 13.9. The number of hydrogen-bond acceptors (Lipinski definition) is 4. The molecule has 0 spiro atoms. The average molecular weight is 344 g/mol. The number of ether oxygens (including phenoxy) is 2. The van der Waals surface area contributed by atoms with E-state index in [4.69, 9.17) is 15.2 Å². The lowest BCUT2D eigenvalue weighted by Crippen LogP contribution is -2.73. The first-order chi connectivity index (χ1) is 12.1. The molecule has 5 N–H and O–H groups in total. The first-order valence-corrected chi connectivity index (χ1v) is 8.10. The van der Waals surface area contributed by atoms with E-state index in [1.165, 1.54) is 0 Å². The number of nitrogens with one attached hydrogen (secondary N) is 3. The van der Waals surface area contributed by atoms with Crippen molar-refractivity contribution in [3.8, 4) is 11.5 Å². The number of aromatic amines is 1. The molecule has 1 aliphatic rings. The molecule has 0 saturated carbocycles. The summed E-state index contributed by atoms with van der Waals surface area (Å²) >= 11 is 0. The molecule has 25 heavy (non-hydrogen) atoms. The van der Waals surface area contributed by atoms with E-state index in [1.54, 1.807) is 32.4 Å². The Morgan fingerprint density at radius 2 is 1.88 bits per heavy atom. The average Bonchev–Trinajstić information content (AvgIpc) is 2.61. The van der Waals surface area contributed by atoms with Crippen LogP contribution in [0, 0.1) is 0 Å². The number of nitrogens with zero attached hydrogens (tertiary/aromatic N) is 1. The molecule has 0 fully saturated rings. The fraction of sp³-hybridized carbons (Fsp3) is 0.353. The molecule has 0 aliphatic heterocycles. The topological polar surface area (TPSA) is 116 Å². The lowest BCUT2D eigenvalue weighted by atomic mass is 9.97. The molecule has 8 nitrogen and oxygen atoms in total. The van der Waals surface area contributed by atoms with Crippen molar-refractivity contribution < 1.29 is 14.5 Å². The van der Waals surface area contributed by atoms with E-state index in [1.807, 2.05) is 0 Å². The minimum absolute atomic E-state index is 0.108. The quantitative estimate of drug-likeness (QED) is 0.451. The summed E-state index contributed by atoms with van der Waals surface area (Å²) in [4.78, 5) is 22.2. The van der Waals surface area contributed by atoms with Gasteiger partial charge in [0.15, 0.2) is 0 Å². The summed E-state index contributed by atoms with van der Waals surface area (Å²) in [5.41, 5.74) is 8.19. The Labute approximate surface area is 145 Å². The first kappa shape index (κ1) is 16.8. The van der Waals surface area contributed by atoms with Crippen LogP contribution in [-0.2, 0) is 12.8 Å². The van der Waals surface area contributed by atoms with Gasteiger partial charge in [0.25, 0.3) is 11.5 Å². The molecule has 0 unspecified atom stereocenters. The van der Waals surface area contributed by atoms with Crippen molar-refractivity contribution in [3.63, 3.8) is 0 Å². The highest BCUT2D eigenvalue weighted by atomic mass is 16.5. The van der Waals surface area contributed by atoms with Crippen LogP contribution in [0.4, 0.5) is 11.6 Å². The standard InChI is InChI=1S/C17H21N5O3/c1-24-11-7-10(8-12(9-11)25-2)19-16(18)22-17-20-14-6-4-3-5-13(14)15(23)21-17/h7-9H,3-6H2,1-2H3,(H4,18,19,20,21,22,23)/p+1. The van der Waals surface area contributed by atoms with Crippen molar-refractivity contribution >= 4 is 17.6 Å². The number of aromatic nitrogens is 2. The molecule has 1 aliphatic carbocycles. The number of guanidine groups is 1. The van der Waals surface area contributed by atoms with Crippen LogP contribution in [0.2, 0.25) is 0 Å². The highest BCUT2D eigenvalue weighted by molar-refractivity contribution is 5.88. The van der Waals surface area contributed by atoms with Crippen LogP contribution < -0.4 is 31.1 Å². The molecule has 1 aromatic heterocycles. The first-order valence-electron chi connectivity index (χ1n) is 8.10. The summed E-state index contributed by atoms with van der Waals surface area (Å²) in [7, 11) is 3.15. The Morgan fingerprint density at radius 3 is 2.56 bits per heavy atom. The summed E-state index contributed by atoms with van der Waals surface area (Å²) in [5, 5.41) is 3.00. The Morgan fingerprint density at radius 1 is 1.20 bits per heavy atom. The molecular weight excluding hydrogens is 322 g/mol. The third-order valence-electron chi connectivity index (χ3n) is 4.08. The molecule has 3 rings (SSSR count). The molecule has 0 radical (unpaired) electrons. The van der Waals surface area contributed by atoms with Crippen molar-refractivity contribution in [2.24, 2.45) is 5.73 Å². The zero-order valence-corrected chi connectivity index (χ0v) is 14.3. The van der Waals surface area contributed by atoms with Gasteiger partial charge in [-0.2, -0.15) is 0 Å². The molecule has 0 bridgehead atoms. The van der Waals surface area contributed by atoms with E-state index in [2.05, 4.69) is 20.3 Å². The molecule has 1 aromatic carbocycles. The number of nitrogens with two attached hydrogens (primary N) is 1. The van der Waals surface area contributed by atoms with E-state index in [9.17, 15) is 4.79 Å². The zero-order valence-electron chi connectivity index (χ0n) is 14.3. The maximum absolute atomic E-state index is 12.2. The van der Waals surface area contributed by atoms with E-state index in [-0.39, 0.29) is 11.5 Å². The predicted octanol–water partition coefficient (Wildman–Crippen LogP) is -0.195. The lowest BCUT2D eigenvalue weighted by Gasteiger charge is -2.11. The van der Waals surface area contributed by atoms with Crippen molar-refractivity contribution in [3.05, 3.63) is 39.8 Å². The van der Waals surface area contributed by atoms with Gasteiger partial charge in [-0.25, -0.2) is 9.98 Å². The van der Waals surface area contributed by atoms with Gasteiger partial charge in [-0.05, 0) is 25.7 Å². The summed E-state index contributed by atoms with van der Waals surface area (Å²) in [6.07, 6.45) is 3.66. The molecule has 2 aromatic rings. The van der Waals surface area contributed by atoms with Gasteiger partial charge in [0.1, 0.15) is 11.5 Å². The van der Waals surface area contributed by atoms with Gasteiger partial charge < -0.3 is 15.2 Å². The van der Waals surface area contributed by atoms with E-state index < -0.39 is 0 Å². The van der Waals surface area contributed by atoms with Crippen LogP contribution in [0.25, 0.3) is 0 Å². The lowest BCUT2D eigenvalue weighted by molar-refractivity contribution is -0.365. The van der Waals surface area contributed by atoms with Gasteiger partial charge in [0.2, 0.25) is 0 Å². The van der Waals surface area contributed by atoms with Crippen LogP contribution in [0.3, 0.4) is 0 Å². The van der Waals surface area contributed by atoms with Crippen molar-refractivity contribution in [1.82, 2.24) is 9.97 Å². The van der Waals surface area contributed by atoms with Crippen LogP contribution in [-0.4, -0.2) is 30.1 Å². The van der Waals surface area contributed by atoms with Crippen LogP contribution >= 0.6 is 0 Å². The van der Waals surface area contributed by atoms with E-state index >= 15 is 0 Å². The highest BCUT2D eigenvalue weighted by Crippen LogP contribution is 2.25. The van der Waals surface area contributed by atoms with Gasteiger partial charge in [-0.1, -0.05) is 0 Å². The molecule has 8 heteroatoms. The van der Waals surface area contributed by atoms with Gasteiger partial charge in [0, 0.05) is 18.2 Å². The van der Waals surface area contributed by atoms with Gasteiger partial charge in [-0.15, -0.1) is 4.98 Å². The summed E-state index contributed by atoms with van der Waals surface area (Å²) in [5.74, 6) is 1.82. The van der Waals surface area contributed by atoms with Crippen molar-refractivity contribution in [2.45, 2.75) is 25.7 Å². The number of H-pyrrole nitrogens is 1. The Bertz CT molecular complexity index is 838. The molecule has 0 amide bonds. The minimum Gasteiger partial charge on any atom is -0.497 e. The third-order valence-corrected chi connectivity index (χ3v) is 4.08. The monoisotopic (exact) mass is 344 g/mol. The molecular formula is C17H22N5O3+. The molecule has 132 valence electrons.